The number of ether oxygens (including phenoxy) is 1. The number of carbonyl (C=O) groups is 2. The molecule has 4 aromatic rings. The number of amides is 1. The number of rotatable bonds is 9. The van der Waals surface area contributed by atoms with E-state index in [0.29, 0.717) is 11.1 Å². The molecule has 0 saturated heterocycles. The van der Waals surface area contributed by atoms with Crippen molar-refractivity contribution in [3.63, 3.8) is 0 Å². The van der Waals surface area contributed by atoms with Crippen molar-refractivity contribution in [2.24, 2.45) is 11.7 Å². The molecule has 0 bridgehead atoms. The Morgan fingerprint density at radius 1 is 0.946 bits per heavy atom. The van der Waals surface area contributed by atoms with Crippen LogP contribution in [0.15, 0.2) is 103 Å². The van der Waals surface area contributed by atoms with Crippen LogP contribution in [0.5, 0.6) is 0 Å². The van der Waals surface area contributed by atoms with Gasteiger partial charge in [-0.25, -0.2) is 0 Å². The van der Waals surface area contributed by atoms with Crippen LogP contribution in [0.3, 0.4) is 0 Å². The fourth-order valence-corrected chi connectivity index (χ4v) is 4.34. The lowest BCUT2D eigenvalue weighted by Crippen LogP contribution is -2.43. The van der Waals surface area contributed by atoms with E-state index in [0.717, 1.165) is 21.9 Å². The van der Waals surface area contributed by atoms with E-state index in [2.05, 4.69) is 5.32 Å². The van der Waals surface area contributed by atoms with Gasteiger partial charge in [0.25, 0.3) is 5.91 Å². The molecule has 0 spiro atoms. The lowest BCUT2D eigenvalue weighted by molar-refractivity contribution is -0.145. The van der Waals surface area contributed by atoms with Gasteiger partial charge in [-0.05, 0) is 40.5 Å². The topological polar surface area (TPSA) is 105 Å². The van der Waals surface area contributed by atoms with Crippen LogP contribution in [0.1, 0.15) is 27.0 Å². The minimum atomic E-state index is -0.717. The maximum atomic E-state index is 13.5. The van der Waals surface area contributed by atoms with Gasteiger partial charge >= 0.3 is 5.97 Å². The molecule has 0 aliphatic heterocycles. The molecule has 37 heavy (non-hydrogen) atoms. The zero-order valence-corrected chi connectivity index (χ0v) is 20.6. The second kappa shape index (κ2) is 11.8. The van der Waals surface area contributed by atoms with Crippen LogP contribution >= 0.6 is 0 Å². The summed E-state index contributed by atoms with van der Waals surface area (Å²) in [6, 6.07) is 29.5. The normalized spacial score (nSPS) is 12.7. The lowest BCUT2D eigenvalue weighted by Gasteiger charge is -2.24. The van der Waals surface area contributed by atoms with E-state index >= 15 is 0 Å². The van der Waals surface area contributed by atoms with Gasteiger partial charge in [-0.2, -0.15) is 0 Å². The summed E-state index contributed by atoms with van der Waals surface area (Å²) in [5, 5.41) is 12.6. The fraction of sp³-hybridized carbons (Fsp3) is 0.129. The number of methoxy groups -OCH3 is 1. The third-order valence-corrected chi connectivity index (χ3v) is 6.26. The molecule has 0 heterocycles. The van der Waals surface area contributed by atoms with Crippen molar-refractivity contribution in [3.05, 3.63) is 125 Å². The Balaban J connectivity index is 1.71. The molecule has 4 rings (SSSR count). The van der Waals surface area contributed by atoms with Crippen molar-refractivity contribution in [1.29, 1.82) is 5.41 Å². The average molecular weight is 492 g/mol. The Labute approximate surface area is 216 Å². The molecule has 4 aromatic carbocycles. The van der Waals surface area contributed by atoms with Gasteiger partial charge in [0.15, 0.2) is 0 Å². The first kappa shape index (κ1) is 25.4. The summed E-state index contributed by atoms with van der Waals surface area (Å²) in [7, 11) is 1.34. The van der Waals surface area contributed by atoms with E-state index in [1.54, 1.807) is 24.3 Å². The molecule has 0 aliphatic carbocycles. The Morgan fingerprint density at radius 3 is 2.41 bits per heavy atom. The number of nitrogen functional groups attached to an aromatic ring is 1. The standard InChI is InChI=1S/C31H29N3O3/c1-37-31(36)27(20-22-11-7-14-24(19-22)29(32)33)28(18-17-21-9-3-2-4-10-21)34-30(35)26-16-8-13-23-12-5-6-15-25(23)26/h2-19,27-28H,20H2,1H3,(H3,32,33)(H,34,35)/b18-17+. The van der Waals surface area contributed by atoms with Crippen molar-refractivity contribution in [2.45, 2.75) is 12.5 Å². The van der Waals surface area contributed by atoms with Crippen LogP contribution in [0.4, 0.5) is 0 Å². The highest BCUT2D eigenvalue weighted by atomic mass is 16.5. The van der Waals surface area contributed by atoms with Crippen LogP contribution in [0.2, 0.25) is 0 Å². The first-order chi connectivity index (χ1) is 18.0. The third-order valence-electron chi connectivity index (χ3n) is 6.26. The number of amidine groups is 1. The summed E-state index contributed by atoms with van der Waals surface area (Å²) in [6.07, 6.45) is 4.00. The number of nitrogens with one attached hydrogen (secondary N) is 2. The summed E-state index contributed by atoms with van der Waals surface area (Å²) in [6.45, 7) is 0. The Morgan fingerprint density at radius 2 is 1.65 bits per heavy atom. The second-order valence-corrected chi connectivity index (χ2v) is 8.74. The summed E-state index contributed by atoms with van der Waals surface area (Å²) in [5.41, 5.74) is 8.51. The number of nitrogens with two attached hydrogens (primary N) is 1. The van der Waals surface area contributed by atoms with Crippen LogP contribution < -0.4 is 11.1 Å². The molecule has 0 aromatic heterocycles. The summed E-state index contributed by atoms with van der Waals surface area (Å²) >= 11 is 0. The van der Waals surface area contributed by atoms with E-state index in [9.17, 15) is 9.59 Å². The Hall–Kier alpha value is -4.71. The number of benzene rings is 4. The van der Waals surface area contributed by atoms with E-state index in [4.69, 9.17) is 15.9 Å². The van der Waals surface area contributed by atoms with Gasteiger partial charge in [-0.1, -0.05) is 97.1 Å². The number of hydrogen-bond acceptors (Lipinski definition) is 4. The van der Waals surface area contributed by atoms with Crippen LogP contribution in [0.25, 0.3) is 16.8 Å². The molecule has 4 N–H and O–H groups in total. The average Bonchev–Trinajstić information content (AvgIpc) is 2.94. The summed E-state index contributed by atoms with van der Waals surface area (Å²) < 4.78 is 5.16. The maximum absolute atomic E-state index is 13.5. The minimum absolute atomic E-state index is 0.0544. The van der Waals surface area contributed by atoms with E-state index < -0.39 is 17.9 Å². The molecule has 6 nitrogen and oxygen atoms in total. The Bertz CT molecular complexity index is 1440. The maximum Gasteiger partial charge on any atom is 0.311 e. The van der Waals surface area contributed by atoms with Gasteiger partial charge in [-0.15, -0.1) is 0 Å². The molecule has 2 unspecified atom stereocenters. The highest BCUT2D eigenvalue weighted by Gasteiger charge is 2.30. The highest BCUT2D eigenvalue weighted by Crippen LogP contribution is 2.22. The predicted octanol–water partition coefficient (Wildman–Crippen LogP) is 4.97. The molecule has 0 fully saturated rings. The number of hydrogen-bond donors (Lipinski definition) is 3. The smallest absolute Gasteiger partial charge is 0.311 e. The lowest BCUT2D eigenvalue weighted by atomic mass is 9.90. The fourth-order valence-electron chi connectivity index (χ4n) is 4.34. The first-order valence-corrected chi connectivity index (χ1v) is 12.0. The van der Waals surface area contributed by atoms with Crippen molar-refractivity contribution in [1.82, 2.24) is 5.32 Å². The zero-order chi connectivity index (χ0) is 26.2. The van der Waals surface area contributed by atoms with Gasteiger partial charge in [0.1, 0.15) is 5.84 Å². The highest BCUT2D eigenvalue weighted by molar-refractivity contribution is 6.07. The third kappa shape index (κ3) is 6.30. The molecule has 2 atom stereocenters. The van der Waals surface area contributed by atoms with Crippen LogP contribution in [-0.2, 0) is 16.0 Å². The first-order valence-electron chi connectivity index (χ1n) is 12.0. The van der Waals surface area contributed by atoms with E-state index in [1.165, 1.54) is 7.11 Å². The number of carbonyl (C=O) groups excluding carboxylic acids is 2. The monoisotopic (exact) mass is 491 g/mol. The van der Waals surface area contributed by atoms with Gasteiger partial charge in [0.2, 0.25) is 0 Å². The summed E-state index contributed by atoms with van der Waals surface area (Å²) in [5.74, 6) is -1.51. The van der Waals surface area contributed by atoms with Gasteiger partial charge in [0.05, 0.1) is 19.1 Å². The minimum Gasteiger partial charge on any atom is -0.469 e. The van der Waals surface area contributed by atoms with Crippen molar-refractivity contribution in [2.75, 3.05) is 7.11 Å². The molecular formula is C31H29N3O3. The van der Waals surface area contributed by atoms with Gasteiger partial charge < -0.3 is 15.8 Å². The molecule has 0 aliphatic rings. The van der Waals surface area contributed by atoms with Crippen molar-refractivity contribution < 1.29 is 14.3 Å². The molecular weight excluding hydrogens is 462 g/mol. The zero-order valence-electron chi connectivity index (χ0n) is 20.6. The SMILES string of the molecule is COC(=O)C(Cc1cccc(C(=N)N)c1)C(/C=C/c1ccccc1)NC(=O)c1cccc2ccccc12. The van der Waals surface area contributed by atoms with Crippen molar-refractivity contribution in [3.8, 4) is 0 Å². The predicted molar refractivity (Wildman–Crippen MR) is 147 cm³/mol. The largest absolute Gasteiger partial charge is 0.469 e. The molecule has 186 valence electrons. The molecule has 0 radical (unpaired) electrons. The van der Waals surface area contributed by atoms with Crippen LogP contribution in [-0.4, -0.2) is 30.9 Å². The van der Waals surface area contributed by atoms with Crippen LogP contribution in [0, 0.1) is 11.3 Å². The van der Waals surface area contributed by atoms with Gasteiger partial charge in [0, 0.05) is 11.1 Å². The Kier molecular flexibility index (Phi) is 8.11. The number of esters is 1. The van der Waals surface area contributed by atoms with E-state index in [1.807, 2.05) is 84.9 Å². The molecule has 1 amide bonds. The number of fused-ring (bicyclic) bond motifs is 1. The molecule has 6 heteroatoms. The van der Waals surface area contributed by atoms with Crippen molar-refractivity contribution >= 4 is 34.6 Å². The van der Waals surface area contributed by atoms with Gasteiger partial charge in [-0.3, -0.25) is 15.0 Å². The quantitative estimate of drug-likeness (QED) is 0.175. The second-order valence-electron chi connectivity index (χ2n) is 8.74. The summed E-state index contributed by atoms with van der Waals surface area (Å²) in [4.78, 5) is 26.6. The van der Waals surface area contributed by atoms with E-state index in [-0.39, 0.29) is 18.2 Å². The molecule has 0 saturated carbocycles.